The molecule has 0 aliphatic heterocycles. The quantitative estimate of drug-likeness (QED) is 0.847. The molecule has 0 fully saturated rings. The maximum atomic E-state index is 5.81. The number of hydrogen-bond donors (Lipinski definition) is 2. The minimum Gasteiger partial charge on any atom is -0.389 e. The number of aryl methyl sites for hydroxylation is 3. The SMILES string of the molecule is Cc1ccc(CNc2nc(C)cc(C)c2C(N)=S)cc1. The van der Waals surface area contributed by atoms with E-state index in [2.05, 4.69) is 41.5 Å². The molecule has 2 rings (SSSR count). The van der Waals surface area contributed by atoms with Gasteiger partial charge in [-0.25, -0.2) is 4.98 Å². The number of benzene rings is 1. The van der Waals surface area contributed by atoms with Crippen molar-refractivity contribution in [2.45, 2.75) is 27.3 Å². The Labute approximate surface area is 125 Å². The first-order valence-corrected chi connectivity index (χ1v) is 6.95. The molecule has 0 atom stereocenters. The van der Waals surface area contributed by atoms with E-state index in [0.717, 1.165) is 22.6 Å². The zero-order valence-electron chi connectivity index (χ0n) is 12.0. The van der Waals surface area contributed by atoms with E-state index in [0.29, 0.717) is 11.5 Å². The second kappa shape index (κ2) is 6.01. The molecule has 0 aliphatic rings. The summed E-state index contributed by atoms with van der Waals surface area (Å²) >= 11 is 5.13. The predicted octanol–water partition coefficient (Wildman–Crippen LogP) is 3.25. The summed E-state index contributed by atoms with van der Waals surface area (Å²) in [7, 11) is 0. The van der Waals surface area contributed by atoms with Crippen molar-refractivity contribution < 1.29 is 0 Å². The van der Waals surface area contributed by atoms with Gasteiger partial charge in [0.15, 0.2) is 0 Å². The van der Waals surface area contributed by atoms with Gasteiger partial charge in [-0.15, -0.1) is 0 Å². The van der Waals surface area contributed by atoms with Crippen LogP contribution < -0.4 is 11.1 Å². The normalized spacial score (nSPS) is 10.3. The van der Waals surface area contributed by atoms with E-state index in [1.54, 1.807) is 0 Å². The van der Waals surface area contributed by atoms with Crippen molar-refractivity contribution >= 4 is 23.0 Å². The van der Waals surface area contributed by atoms with Gasteiger partial charge in [0.25, 0.3) is 0 Å². The molecule has 0 amide bonds. The first-order chi connectivity index (χ1) is 9.47. The maximum Gasteiger partial charge on any atom is 0.137 e. The van der Waals surface area contributed by atoms with E-state index in [4.69, 9.17) is 18.0 Å². The number of anilines is 1. The highest BCUT2D eigenvalue weighted by Crippen LogP contribution is 2.19. The number of nitrogens with zero attached hydrogens (tertiary/aromatic N) is 1. The molecule has 0 radical (unpaired) electrons. The van der Waals surface area contributed by atoms with E-state index >= 15 is 0 Å². The third kappa shape index (κ3) is 3.33. The average molecular weight is 285 g/mol. The zero-order valence-corrected chi connectivity index (χ0v) is 12.8. The first kappa shape index (κ1) is 14.5. The van der Waals surface area contributed by atoms with Gasteiger partial charge >= 0.3 is 0 Å². The Balaban J connectivity index is 2.24. The van der Waals surface area contributed by atoms with Crippen molar-refractivity contribution in [2.24, 2.45) is 5.73 Å². The van der Waals surface area contributed by atoms with Crippen molar-refractivity contribution in [2.75, 3.05) is 5.32 Å². The van der Waals surface area contributed by atoms with Gasteiger partial charge in [0.05, 0.1) is 5.56 Å². The lowest BCUT2D eigenvalue weighted by atomic mass is 10.1. The Kier molecular flexibility index (Phi) is 4.35. The summed E-state index contributed by atoms with van der Waals surface area (Å²) in [6.07, 6.45) is 0. The molecular formula is C16H19N3S. The molecule has 1 heterocycles. The summed E-state index contributed by atoms with van der Waals surface area (Å²) in [6.45, 7) is 6.74. The summed E-state index contributed by atoms with van der Waals surface area (Å²) in [5, 5.41) is 3.33. The number of hydrogen-bond acceptors (Lipinski definition) is 3. The fourth-order valence-electron chi connectivity index (χ4n) is 2.17. The summed E-state index contributed by atoms with van der Waals surface area (Å²) in [6, 6.07) is 10.4. The van der Waals surface area contributed by atoms with Gasteiger partial charge in [-0.1, -0.05) is 42.0 Å². The van der Waals surface area contributed by atoms with Crippen LogP contribution in [0.5, 0.6) is 0 Å². The lowest BCUT2D eigenvalue weighted by Gasteiger charge is -2.14. The molecule has 0 spiro atoms. The zero-order chi connectivity index (χ0) is 14.7. The van der Waals surface area contributed by atoms with E-state index in [1.165, 1.54) is 11.1 Å². The smallest absolute Gasteiger partial charge is 0.137 e. The van der Waals surface area contributed by atoms with Gasteiger partial charge in [0.1, 0.15) is 10.8 Å². The fourth-order valence-corrected chi connectivity index (χ4v) is 2.43. The molecule has 1 aromatic heterocycles. The van der Waals surface area contributed by atoms with Crippen molar-refractivity contribution in [3.05, 3.63) is 58.3 Å². The minimum absolute atomic E-state index is 0.376. The monoisotopic (exact) mass is 285 g/mol. The molecule has 3 nitrogen and oxygen atoms in total. The summed E-state index contributed by atoms with van der Waals surface area (Å²) in [5.41, 5.74) is 11.1. The Morgan fingerprint density at radius 1 is 1.20 bits per heavy atom. The third-order valence-corrected chi connectivity index (χ3v) is 3.38. The van der Waals surface area contributed by atoms with Crippen LogP contribution in [0.3, 0.4) is 0 Å². The van der Waals surface area contributed by atoms with Crippen LogP contribution in [-0.4, -0.2) is 9.97 Å². The highest BCUT2D eigenvalue weighted by atomic mass is 32.1. The molecule has 0 unspecified atom stereocenters. The highest BCUT2D eigenvalue weighted by Gasteiger charge is 2.11. The summed E-state index contributed by atoms with van der Waals surface area (Å²) < 4.78 is 0. The molecule has 0 bridgehead atoms. The van der Waals surface area contributed by atoms with Crippen LogP contribution in [0.2, 0.25) is 0 Å². The maximum absolute atomic E-state index is 5.81. The number of rotatable bonds is 4. The molecule has 0 aliphatic carbocycles. The highest BCUT2D eigenvalue weighted by molar-refractivity contribution is 7.80. The van der Waals surface area contributed by atoms with Crippen molar-refractivity contribution in [1.82, 2.24) is 4.98 Å². The minimum atomic E-state index is 0.376. The van der Waals surface area contributed by atoms with E-state index in [9.17, 15) is 0 Å². The van der Waals surface area contributed by atoms with E-state index in [1.807, 2.05) is 19.9 Å². The third-order valence-electron chi connectivity index (χ3n) is 3.17. The molecule has 20 heavy (non-hydrogen) atoms. The van der Waals surface area contributed by atoms with Crippen LogP contribution >= 0.6 is 12.2 Å². The number of pyridine rings is 1. The van der Waals surface area contributed by atoms with Gasteiger partial charge in [-0.3, -0.25) is 0 Å². The van der Waals surface area contributed by atoms with E-state index in [-0.39, 0.29) is 0 Å². The molecular weight excluding hydrogens is 266 g/mol. The second-order valence-corrected chi connectivity index (χ2v) is 5.45. The van der Waals surface area contributed by atoms with Crippen LogP contribution in [0, 0.1) is 20.8 Å². The van der Waals surface area contributed by atoms with Crippen molar-refractivity contribution in [1.29, 1.82) is 0 Å². The summed E-state index contributed by atoms with van der Waals surface area (Å²) in [5.74, 6) is 0.760. The number of aromatic nitrogens is 1. The Morgan fingerprint density at radius 3 is 2.45 bits per heavy atom. The number of nitrogens with two attached hydrogens (primary N) is 1. The Hall–Kier alpha value is -1.94. The molecule has 0 saturated heterocycles. The van der Waals surface area contributed by atoms with Gasteiger partial charge < -0.3 is 11.1 Å². The molecule has 4 heteroatoms. The number of nitrogens with one attached hydrogen (secondary N) is 1. The fraction of sp³-hybridized carbons (Fsp3) is 0.250. The topological polar surface area (TPSA) is 50.9 Å². The van der Waals surface area contributed by atoms with Gasteiger partial charge in [-0.2, -0.15) is 0 Å². The van der Waals surface area contributed by atoms with Crippen LogP contribution in [0.25, 0.3) is 0 Å². The molecule has 2 aromatic rings. The van der Waals surface area contributed by atoms with Crippen LogP contribution in [0.15, 0.2) is 30.3 Å². The predicted molar refractivity (Wildman–Crippen MR) is 88.1 cm³/mol. The Morgan fingerprint density at radius 2 is 1.85 bits per heavy atom. The van der Waals surface area contributed by atoms with Crippen LogP contribution in [0.1, 0.15) is 27.9 Å². The van der Waals surface area contributed by atoms with Crippen LogP contribution in [-0.2, 0) is 6.54 Å². The summed E-state index contributed by atoms with van der Waals surface area (Å²) in [4.78, 5) is 4.89. The van der Waals surface area contributed by atoms with E-state index < -0.39 is 0 Å². The van der Waals surface area contributed by atoms with Gasteiger partial charge in [0, 0.05) is 12.2 Å². The largest absolute Gasteiger partial charge is 0.389 e. The molecule has 3 N–H and O–H groups in total. The molecule has 104 valence electrons. The Bertz CT molecular complexity index is 633. The van der Waals surface area contributed by atoms with Gasteiger partial charge in [-0.05, 0) is 38.0 Å². The standard InChI is InChI=1S/C16H19N3S/c1-10-4-6-13(7-5-10)9-18-16-14(15(17)20)11(2)8-12(3)19-16/h4-8H,9H2,1-3H3,(H2,17,20)(H,18,19). The average Bonchev–Trinajstić information content (AvgIpc) is 2.36. The first-order valence-electron chi connectivity index (χ1n) is 6.55. The second-order valence-electron chi connectivity index (χ2n) is 5.01. The lowest BCUT2D eigenvalue weighted by Crippen LogP contribution is -2.16. The molecule has 1 aromatic carbocycles. The molecule has 0 saturated carbocycles. The van der Waals surface area contributed by atoms with Crippen LogP contribution in [0.4, 0.5) is 5.82 Å². The van der Waals surface area contributed by atoms with Crippen molar-refractivity contribution in [3.8, 4) is 0 Å². The number of thiocarbonyl (C=S) groups is 1. The van der Waals surface area contributed by atoms with Crippen molar-refractivity contribution in [3.63, 3.8) is 0 Å². The lowest BCUT2D eigenvalue weighted by molar-refractivity contribution is 1.08. The van der Waals surface area contributed by atoms with Gasteiger partial charge in [0.2, 0.25) is 0 Å².